The molecular weight excluding hydrogens is 356 g/mol. The van der Waals surface area contributed by atoms with Crippen LogP contribution in [0.2, 0.25) is 0 Å². The number of anilines is 2. The fraction of sp³-hybridized carbons (Fsp3) is 0.385. The number of fused-ring (bicyclic) bond motifs is 2. The van der Waals surface area contributed by atoms with E-state index in [0.29, 0.717) is 6.61 Å². The van der Waals surface area contributed by atoms with Crippen LogP contribution in [0, 0.1) is 0 Å². The Labute approximate surface area is 175 Å². The van der Waals surface area contributed by atoms with Gasteiger partial charge in [-0.2, -0.15) is 0 Å². The van der Waals surface area contributed by atoms with Gasteiger partial charge >= 0.3 is 0 Å². The molecule has 2 aliphatic rings. The van der Waals surface area contributed by atoms with Crippen molar-refractivity contribution in [3.05, 3.63) is 65.7 Å². The fourth-order valence-electron chi connectivity index (χ4n) is 4.16. The van der Waals surface area contributed by atoms with E-state index in [9.17, 15) is 0 Å². The Morgan fingerprint density at radius 3 is 1.93 bits per heavy atom. The average molecular weight is 391 g/mol. The maximum absolute atomic E-state index is 5.52. The lowest BCUT2D eigenvalue weighted by atomic mass is 9.91. The Kier molecular flexibility index (Phi) is 5.79. The molecule has 0 aliphatic carbocycles. The van der Waals surface area contributed by atoms with E-state index in [1.165, 1.54) is 33.6 Å². The lowest BCUT2D eigenvalue weighted by molar-refractivity contribution is 0.340. The number of benzene rings is 2. The number of para-hydroxylation sites is 1. The number of hydrogen-bond acceptors (Lipinski definition) is 3. The van der Waals surface area contributed by atoms with E-state index in [1.54, 1.807) is 0 Å². The molecule has 0 fully saturated rings. The zero-order valence-electron chi connectivity index (χ0n) is 18.8. The van der Waals surface area contributed by atoms with E-state index in [2.05, 4.69) is 101 Å². The summed E-state index contributed by atoms with van der Waals surface area (Å²) in [6.07, 6.45) is 4.53. The lowest BCUT2D eigenvalue weighted by Gasteiger charge is -2.31. The minimum absolute atomic E-state index is 0.0320. The molecule has 29 heavy (non-hydrogen) atoms. The molecule has 0 bridgehead atoms. The monoisotopic (exact) mass is 390 g/mol. The van der Waals surface area contributed by atoms with Crippen molar-refractivity contribution in [2.75, 3.05) is 17.2 Å². The highest BCUT2D eigenvalue weighted by atomic mass is 16.5. The molecule has 2 N–H and O–H groups in total. The Morgan fingerprint density at radius 1 is 0.759 bits per heavy atom. The molecule has 3 heteroatoms. The molecule has 0 atom stereocenters. The first-order chi connectivity index (χ1) is 13.6. The predicted octanol–water partition coefficient (Wildman–Crippen LogP) is 6.99. The first kappa shape index (κ1) is 21.0. The molecule has 0 amide bonds. The third kappa shape index (κ3) is 5.03. The molecule has 154 valence electrons. The van der Waals surface area contributed by atoms with Crippen LogP contribution in [0.5, 0.6) is 5.75 Å². The summed E-state index contributed by atoms with van der Waals surface area (Å²) < 4.78 is 5.52. The van der Waals surface area contributed by atoms with Gasteiger partial charge in [0.1, 0.15) is 5.75 Å². The van der Waals surface area contributed by atoms with E-state index in [0.717, 1.165) is 5.75 Å². The van der Waals surface area contributed by atoms with Crippen LogP contribution < -0.4 is 15.4 Å². The largest absolute Gasteiger partial charge is 0.494 e. The van der Waals surface area contributed by atoms with E-state index < -0.39 is 0 Å². The molecule has 4 rings (SSSR count). The van der Waals surface area contributed by atoms with Crippen LogP contribution in [0.3, 0.4) is 0 Å². The van der Waals surface area contributed by atoms with Crippen molar-refractivity contribution in [1.29, 1.82) is 0 Å². The van der Waals surface area contributed by atoms with Gasteiger partial charge < -0.3 is 15.4 Å². The normalized spacial score (nSPS) is 17.8. The van der Waals surface area contributed by atoms with Crippen LogP contribution in [0.1, 0.15) is 59.6 Å². The van der Waals surface area contributed by atoms with E-state index in [4.69, 9.17) is 4.74 Å². The Balaban J connectivity index is 0.000000169. The van der Waals surface area contributed by atoms with Crippen LogP contribution in [0.15, 0.2) is 54.6 Å². The van der Waals surface area contributed by atoms with Crippen molar-refractivity contribution in [3.63, 3.8) is 0 Å². The minimum Gasteiger partial charge on any atom is -0.494 e. The smallest absolute Gasteiger partial charge is 0.120 e. The first-order valence-electron chi connectivity index (χ1n) is 10.4. The quantitative estimate of drug-likeness (QED) is 0.580. The molecule has 2 aliphatic heterocycles. The average Bonchev–Trinajstić information content (AvgIpc) is 2.61. The molecule has 0 saturated heterocycles. The van der Waals surface area contributed by atoms with Crippen molar-refractivity contribution in [2.45, 2.75) is 59.5 Å². The zero-order valence-corrected chi connectivity index (χ0v) is 18.8. The highest BCUT2D eigenvalue weighted by molar-refractivity contribution is 5.81. The minimum atomic E-state index is 0.0320. The van der Waals surface area contributed by atoms with Crippen LogP contribution >= 0.6 is 0 Å². The molecule has 2 aromatic rings. The third-order valence-corrected chi connectivity index (χ3v) is 5.15. The Bertz CT molecular complexity index is 951. The predicted molar refractivity (Wildman–Crippen MR) is 127 cm³/mol. The molecule has 0 aromatic heterocycles. The van der Waals surface area contributed by atoms with E-state index >= 15 is 0 Å². The Hall–Kier alpha value is -2.68. The zero-order chi connectivity index (χ0) is 21.2. The number of rotatable bonds is 2. The number of nitrogens with one attached hydrogen (secondary N) is 2. The SMILES string of the molecule is CC1=CC(C)(C)Nc2ccccc21.CCOc1ccc2c(c1)C(C)=CC(C)(C)N2. The van der Waals surface area contributed by atoms with Crippen LogP contribution in [-0.2, 0) is 0 Å². The van der Waals surface area contributed by atoms with Gasteiger partial charge in [-0.25, -0.2) is 0 Å². The summed E-state index contributed by atoms with van der Waals surface area (Å²) >= 11 is 0. The number of allylic oxidation sites excluding steroid dienone is 2. The number of ether oxygens (including phenoxy) is 1. The molecule has 2 aromatic carbocycles. The van der Waals surface area contributed by atoms with Gasteiger partial charge in [-0.3, -0.25) is 0 Å². The highest BCUT2D eigenvalue weighted by Gasteiger charge is 2.23. The highest BCUT2D eigenvalue weighted by Crippen LogP contribution is 2.35. The van der Waals surface area contributed by atoms with Crippen molar-refractivity contribution in [2.24, 2.45) is 0 Å². The molecule has 0 saturated carbocycles. The fourth-order valence-corrected chi connectivity index (χ4v) is 4.16. The summed E-state index contributed by atoms with van der Waals surface area (Å²) in [7, 11) is 0. The van der Waals surface area contributed by atoms with E-state index in [-0.39, 0.29) is 11.1 Å². The van der Waals surface area contributed by atoms with Crippen molar-refractivity contribution >= 4 is 22.5 Å². The second-order valence-corrected chi connectivity index (χ2v) is 9.03. The molecule has 0 unspecified atom stereocenters. The summed E-state index contributed by atoms with van der Waals surface area (Å²) in [5.41, 5.74) is 7.77. The van der Waals surface area contributed by atoms with Crippen molar-refractivity contribution < 1.29 is 4.74 Å². The van der Waals surface area contributed by atoms with Crippen LogP contribution in [0.4, 0.5) is 11.4 Å². The molecule has 3 nitrogen and oxygen atoms in total. The van der Waals surface area contributed by atoms with Gasteiger partial charge in [0, 0.05) is 22.5 Å². The van der Waals surface area contributed by atoms with Gasteiger partial charge in [0.25, 0.3) is 0 Å². The summed E-state index contributed by atoms with van der Waals surface area (Å²) in [6.45, 7) is 15.8. The second-order valence-electron chi connectivity index (χ2n) is 9.03. The summed E-state index contributed by atoms with van der Waals surface area (Å²) in [4.78, 5) is 0. The second kappa shape index (κ2) is 7.98. The molecular formula is C26H34N2O. The van der Waals surface area contributed by atoms with Gasteiger partial charge in [-0.05, 0) is 83.9 Å². The van der Waals surface area contributed by atoms with Gasteiger partial charge in [0.05, 0.1) is 17.7 Å². The lowest BCUT2D eigenvalue weighted by Crippen LogP contribution is -2.31. The van der Waals surface area contributed by atoms with Crippen LogP contribution in [-0.4, -0.2) is 17.7 Å². The summed E-state index contributed by atoms with van der Waals surface area (Å²) in [6, 6.07) is 14.7. The van der Waals surface area contributed by atoms with Gasteiger partial charge in [-0.15, -0.1) is 0 Å². The number of hydrogen-bond donors (Lipinski definition) is 2. The summed E-state index contributed by atoms with van der Waals surface area (Å²) in [5, 5.41) is 6.99. The molecule has 0 spiro atoms. The van der Waals surface area contributed by atoms with Gasteiger partial charge in [0.2, 0.25) is 0 Å². The van der Waals surface area contributed by atoms with Crippen molar-refractivity contribution in [1.82, 2.24) is 0 Å². The maximum atomic E-state index is 5.52. The van der Waals surface area contributed by atoms with E-state index in [1.807, 2.05) is 13.0 Å². The van der Waals surface area contributed by atoms with Gasteiger partial charge in [-0.1, -0.05) is 30.4 Å². The standard InChI is InChI=1S/C14H19NO.C12H15N/c1-5-16-11-6-7-13-12(8-11)10(2)9-14(3,4)15-13;1-9-8-12(2,3)13-11-7-5-4-6-10(9)11/h6-9,15H,5H2,1-4H3;4-8,13H,1-3H3. The third-order valence-electron chi connectivity index (χ3n) is 5.15. The maximum Gasteiger partial charge on any atom is 0.120 e. The molecule has 0 radical (unpaired) electrons. The Morgan fingerprint density at radius 2 is 1.31 bits per heavy atom. The topological polar surface area (TPSA) is 33.3 Å². The molecule has 2 heterocycles. The first-order valence-corrected chi connectivity index (χ1v) is 10.4. The van der Waals surface area contributed by atoms with Gasteiger partial charge in [0.15, 0.2) is 0 Å². The van der Waals surface area contributed by atoms with Crippen LogP contribution in [0.25, 0.3) is 11.1 Å². The summed E-state index contributed by atoms with van der Waals surface area (Å²) in [5.74, 6) is 0.940. The van der Waals surface area contributed by atoms with Crippen molar-refractivity contribution in [3.8, 4) is 5.75 Å².